The van der Waals surface area contributed by atoms with Gasteiger partial charge in [0, 0.05) is 6.20 Å². The Balaban J connectivity index is 3.14. The van der Waals surface area contributed by atoms with Gasteiger partial charge in [-0.1, -0.05) is 13.8 Å². The van der Waals surface area contributed by atoms with Crippen LogP contribution in [0, 0.1) is 5.92 Å². The first kappa shape index (κ1) is 18.5. The number of carbonyl (C=O) groups is 1. The topological polar surface area (TPSA) is 39.2 Å². The molecule has 1 rings (SSSR count). The molecule has 0 unspecified atom stereocenters. The highest BCUT2D eigenvalue weighted by Gasteiger charge is 2.34. The zero-order valence-corrected chi connectivity index (χ0v) is 13.5. The highest BCUT2D eigenvalue weighted by Crippen LogP contribution is 2.32. The van der Waals surface area contributed by atoms with Crippen LogP contribution in [0.2, 0.25) is 0 Å². The number of hydrogen-bond donors (Lipinski definition) is 0. The third-order valence-electron chi connectivity index (χ3n) is 2.88. The normalized spacial score (nSPS) is 14.0. The van der Waals surface area contributed by atoms with Gasteiger partial charge in [-0.3, -0.25) is 9.78 Å². The monoisotopic (exact) mass is 317 g/mol. The summed E-state index contributed by atoms with van der Waals surface area (Å²) in [7, 11) is 0. The number of aromatic nitrogens is 1. The van der Waals surface area contributed by atoms with Crippen LogP contribution in [0.5, 0.6) is 0 Å². The number of hydrogen-bond acceptors (Lipinski definition) is 3. The minimum atomic E-state index is -4.54. The summed E-state index contributed by atoms with van der Waals surface area (Å²) in [6.45, 7) is 8.99. The van der Waals surface area contributed by atoms with E-state index in [1.165, 1.54) is 6.07 Å². The van der Waals surface area contributed by atoms with Gasteiger partial charge in [-0.05, 0) is 50.8 Å². The Morgan fingerprint density at radius 2 is 1.86 bits per heavy atom. The minimum absolute atomic E-state index is 0.139. The van der Waals surface area contributed by atoms with Gasteiger partial charge >= 0.3 is 12.1 Å². The first-order chi connectivity index (χ1) is 9.90. The average molecular weight is 317 g/mol. The standard InChI is InChI=1S/C16H22F3NO2/c1-10(2)8-12(14(21)22-15(3,4)5)11-6-7-20-13(9-11)16(17,18)19/h6-7,9-10,12H,8H2,1-5H3/t12-/m1/s1. The van der Waals surface area contributed by atoms with Crippen LogP contribution in [0.1, 0.15) is 58.2 Å². The van der Waals surface area contributed by atoms with Crippen molar-refractivity contribution in [2.75, 3.05) is 0 Å². The van der Waals surface area contributed by atoms with Crippen molar-refractivity contribution in [2.45, 2.75) is 58.7 Å². The Labute approximate surface area is 128 Å². The van der Waals surface area contributed by atoms with Gasteiger partial charge in [0.2, 0.25) is 0 Å². The lowest BCUT2D eigenvalue weighted by atomic mass is 9.90. The molecule has 0 saturated carbocycles. The summed E-state index contributed by atoms with van der Waals surface area (Å²) in [4.78, 5) is 15.7. The van der Waals surface area contributed by atoms with E-state index in [0.717, 1.165) is 12.3 Å². The fraction of sp³-hybridized carbons (Fsp3) is 0.625. The first-order valence-electron chi connectivity index (χ1n) is 7.16. The fourth-order valence-electron chi connectivity index (χ4n) is 2.03. The van der Waals surface area contributed by atoms with Gasteiger partial charge in [0.1, 0.15) is 11.3 Å². The van der Waals surface area contributed by atoms with E-state index in [4.69, 9.17) is 4.74 Å². The number of rotatable bonds is 4. The minimum Gasteiger partial charge on any atom is -0.459 e. The summed E-state index contributed by atoms with van der Waals surface area (Å²) in [6.07, 6.45) is -3.04. The number of esters is 1. The summed E-state index contributed by atoms with van der Waals surface area (Å²) in [5, 5.41) is 0. The van der Waals surface area contributed by atoms with Crippen molar-refractivity contribution in [3.05, 3.63) is 29.6 Å². The van der Waals surface area contributed by atoms with E-state index in [2.05, 4.69) is 4.98 Å². The van der Waals surface area contributed by atoms with Gasteiger partial charge < -0.3 is 4.74 Å². The molecular weight excluding hydrogens is 295 g/mol. The predicted molar refractivity (Wildman–Crippen MR) is 77.3 cm³/mol. The first-order valence-corrected chi connectivity index (χ1v) is 7.16. The summed E-state index contributed by atoms with van der Waals surface area (Å²) in [6, 6.07) is 2.36. The van der Waals surface area contributed by atoms with Crippen molar-refractivity contribution in [2.24, 2.45) is 5.92 Å². The van der Waals surface area contributed by atoms with E-state index in [1.807, 2.05) is 13.8 Å². The molecule has 22 heavy (non-hydrogen) atoms. The molecule has 0 aliphatic rings. The van der Waals surface area contributed by atoms with Crippen LogP contribution in [0.15, 0.2) is 18.3 Å². The molecule has 1 heterocycles. The van der Waals surface area contributed by atoms with Crippen LogP contribution >= 0.6 is 0 Å². The molecule has 0 aromatic carbocycles. The molecule has 0 spiro atoms. The van der Waals surface area contributed by atoms with Crippen molar-refractivity contribution < 1.29 is 22.7 Å². The largest absolute Gasteiger partial charge is 0.459 e. The molecule has 1 aromatic rings. The van der Waals surface area contributed by atoms with E-state index in [-0.39, 0.29) is 11.5 Å². The van der Waals surface area contributed by atoms with Gasteiger partial charge in [-0.25, -0.2) is 0 Å². The lowest BCUT2D eigenvalue weighted by molar-refractivity contribution is -0.157. The molecule has 124 valence electrons. The number of alkyl halides is 3. The third-order valence-corrected chi connectivity index (χ3v) is 2.88. The lowest BCUT2D eigenvalue weighted by Crippen LogP contribution is -2.28. The Hall–Kier alpha value is -1.59. The highest BCUT2D eigenvalue weighted by atomic mass is 19.4. The Bertz CT molecular complexity index is 519. The molecule has 1 atom stereocenters. The fourth-order valence-corrected chi connectivity index (χ4v) is 2.03. The van der Waals surface area contributed by atoms with Crippen molar-refractivity contribution in [1.82, 2.24) is 4.98 Å². The van der Waals surface area contributed by atoms with Gasteiger partial charge in [0.15, 0.2) is 0 Å². The van der Waals surface area contributed by atoms with E-state index in [1.54, 1.807) is 20.8 Å². The molecule has 0 fully saturated rings. The van der Waals surface area contributed by atoms with Crippen molar-refractivity contribution >= 4 is 5.97 Å². The molecule has 0 bridgehead atoms. The smallest absolute Gasteiger partial charge is 0.433 e. The molecule has 3 nitrogen and oxygen atoms in total. The van der Waals surface area contributed by atoms with Crippen LogP contribution in [-0.4, -0.2) is 16.6 Å². The van der Waals surface area contributed by atoms with Gasteiger partial charge in [-0.2, -0.15) is 13.2 Å². The molecule has 6 heteroatoms. The molecule has 0 aliphatic heterocycles. The van der Waals surface area contributed by atoms with Gasteiger partial charge in [-0.15, -0.1) is 0 Å². The van der Waals surface area contributed by atoms with Gasteiger partial charge in [0.05, 0.1) is 5.92 Å². The maximum absolute atomic E-state index is 12.8. The van der Waals surface area contributed by atoms with E-state index >= 15 is 0 Å². The second-order valence-electron chi connectivity index (χ2n) is 6.69. The molecule has 0 radical (unpaired) electrons. The second-order valence-corrected chi connectivity index (χ2v) is 6.69. The highest BCUT2D eigenvalue weighted by molar-refractivity contribution is 5.78. The van der Waals surface area contributed by atoms with Crippen LogP contribution in [0.25, 0.3) is 0 Å². The summed E-state index contributed by atoms with van der Waals surface area (Å²) in [5.74, 6) is -1.11. The predicted octanol–water partition coefficient (Wildman–Crippen LogP) is 4.57. The zero-order valence-electron chi connectivity index (χ0n) is 13.5. The summed E-state index contributed by atoms with van der Waals surface area (Å²) in [5.41, 5.74) is -1.40. The number of carbonyl (C=O) groups excluding carboxylic acids is 1. The molecule has 0 aliphatic carbocycles. The summed E-state index contributed by atoms with van der Waals surface area (Å²) < 4.78 is 43.7. The Morgan fingerprint density at radius 3 is 2.32 bits per heavy atom. The Kier molecular flexibility index (Phi) is 5.59. The van der Waals surface area contributed by atoms with Crippen LogP contribution in [-0.2, 0) is 15.7 Å². The molecule has 0 N–H and O–H groups in total. The molecule has 0 saturated heterocycles. The van der Waals surface area contributed by atoms with Gasteiger partial charge in [0.25, 0.3) is 0 Å². The third kappa shape index (κ3) is 5.66. The number of pyridine rings is 1. The van der Waals surface area contributed by atoms with Crippen LogP contribution in [0.3, 0.4) is 0 Å². The van der Waals surface area contributed by atoms with Crippen molar-refractivity contribution in [3.63, 3.8) is 0 Å². The number of ether oxygens (including phenoxy) is 1. The van der Waals surface area contributed by atoms with Crippen LogP contribution in [0.4, 0.5) is 13.2 Å². The SMILES string of the molecule is CC(C)C[C@@H](C(=O)OC(C)(C)C)c1ccnc(C(F)(F)F)c1. The molecular formula is C16H22F3NO2. The molecule has 0 amide bonds. The van der Waals surface area contributed by atoms with E-state index < -0.39 is 29.4 Å². The van der Waals surface area contributed by atoms with Crippen molar-refractivity contribution in [1.29, 1.82) is 0 Å². The lowest BCUT2D eigenvalue weighted by Gasteiger charge is -2.25. The molecule has 1 aromatic heterocycles. The second kappa shape index (κ2) is 6.67. The summed E-state index contributed by atoms with van der Waals surface area (Å²) >= 11 is 0. The van der Waals surface area contributed by atoms with E-state index in [0.29, 0.717) is 6.42 Å². The Morgan fingerprint density at radius 1 is 1.27 bits per heavy atom. The average Bonchev–Trinajstić information content (AvgIpc) is 2.32. The number of nitrogens with zero attached hydrogens (tertiary/aromatic N) is 1. The maximum Gasteiger partial charge on any atom is 0.433 e. The number of halogens is 3. The zero-order chi connectivity index (χ0) is 17.1. The maximum atomic E-state index is 12.8. The quantitative estimate of drug-likeness (QED) is 0.764. The van der Waals surface area contributed by atoms with Crippen LogP contribution < -0.4 is 0 Å². The van der Waals surface area contributed by atoms with E-state index in [9.17, 15) is 18.0 Å². The van der Waals surface area contributed by atoms with Crippen molar-refractivity contribution in [3.8, 4) is 0 Å².